The molecule has 1 aliphatic rings. The van der Waals surface area contributed by atoms with E-state index in [1.54, 1.807) is 0 Å². The summed E-state index contributed by atoms with van der Waals surface area (Å²) in [5.41, 5.74) is 1.39. The molecule has 3 nitrogen and oxygen atoms in total. The van der Waals surface area contributed by atoms with E-state index in [0.717, 1.165) is 12.4 Å². The Balaban J connectivity index is 2.12. The van der Waals surface area contributed by atoms with Crippen LogP contribution in [0, 0.1) is 0 Å². The van der Waals surface area contributed by atoms with E-state index in [1.165, 1.54) is 25.0 Å². The lowest BCUT2D eigenvalue weighted by Crippen LogP contribution is -2.27. The molecule has 0 aliphatic carbocycles. The lowest BCUT2D eigenvalue weighted by molar-refractivity contribution is 0.398. The summed E-state index contributed by atoms with van der Waals surface area (Å²) in [6, 6.07) is 0.440. The lowest BCUT2D eigenvalue weighted by atomic mass is 9.93. The number of aromatic nitrogens is 2. The van der Waals surface area contributed by atoms with Crippen molar-refractivity contribution in [3.8, 4) is 0 Å². The minimum Gasteiger partial charge on any atom is -0.344 e. The number of nitrogens with one attached hydrogen (secondary N) is 2. The van der Waals surface area contributed by atoms with Crippen LogP contribution in [-0.2, 0) is 5.41 Å². The van der Waals surface area contributed by atoms with Gasteiger partial charge in [-0.25, -0.2) is 4.98 Å². The summed E-state index contributed by atoms with van der Waals surface area (Å²) < 4.78 is 0. The zero-order valence-electron chi connectivity index (χ0n) is 9.93. The van der Waals surface area contributed by atoms with Gasteiger partial charge in [-0.3, -0.25) is 0 Å². The van der Waals surface area contributed by atoms with Crippen LogP contribution in [0.1, 0.15) is 57.6 Å². The van der Waals surface area contributed by atoms with Crippen LogP contribution in [0.25, 0.3) is 0 Å². The van der Waals surface area contributed by atoms with Crippen LogP contribution in [-0.4, -0.2) is 16.5 Å². The largest absolute Gasteiger partial charge is 0.344 e. The van der Waals surface area contributed by atoms with Crippen molar-refractivity contribution in [2.45, 2.75) is 51.5 Å². The van der Waals surface area contributed by atoms with Gasteiger partial charge in [-0.15, -0.1) is 0 Å². The van der Waals surface area contributed by atoms with Gasteiger partial charge in [-0.1, -0.05) is 27.2 Å². The van der Waals surface area contributed by atoms with E-state index >= 15 is 0 Å². The number of piperidine rings is 1. The van der Waals surface area contributed by atoms with Gasteiger partial charge >= 0.3 is 0 Å². The molecular weight excluding hydrogens is 186 g/mol. The van der Waals surface area contributed by atoms with Crippen LogP contribution in [0.2, 0.25) is 0 Å². The highest BCUT2D eigenvalue weighted by Crippen LogP contribution is 2.24. The molecule has 15 heavy (non-hydrogen) atoms. The van der Waals surface area contributed by atoms with Crippen molar-refractivity contribution in [3.63, 3.8) is 0 Å². The fourth-order valence-electron chi connectivity index (χ4n) is 1.98. The van der Waals surface area contributed by atoms with Gasteiger partial charge in [-0.2, -0.15) is 0 Å². The Bertz CT molecular complexity index is 316. The molecule has 2 N–H and O–H groups in total. The summed E-state index contributed by atoms with van der Waals surface area (Å²) in [4.78, 5) is 7.94. The van der Waals surface area contributed by atoms with Crippen LogP contribution < -0.4 is 5.32 Å². The maximum atomic E-state index is 4.49. The number of nitrogens with zero attached hydrogens (tertiary/aromatic N) is 1. The summed E-state index contributed by atoms with van der Waals surface area (Å²) >= 11 is 0. The third kappa shape index (κ3) is 2.40. The van der Waals surface area contributed by atoms with Gasteiger partial charge in [-0.05, 0) is 19.4 Å². The normalized spacial score (nSPS) is 23.0. The summed E-state index contributed by atoms with van der Waals surface area (Å²) in [6.07, 6.45) is 5.79. The first-order valence-electron chi connectivity index (χ1n) is 5.86. The predicted octanol–water partition coefficient (Wildman–Crippen LogP) is 2.52. The van der Waals surface area contributed by atoms with Gasteiger partial charge in [0.05, 0.1) is 6.04 Å². The number of H-pyrrole nitrogens is 1. The van der Waals surface area contributed by atoms with Crippen molar-refractivity contribution in [2.24, 2.45) is 0 Å². The number of hydrogen-bond donors (Lipinski definition) is 2. The molecule has 1 aromatic heterocycles. The summed E-state index contributed by atoms with van der Waals surface area (Å²) in [7, 11) is 0. The Labute approximate surface area is 91.7 Å². The van der Waals surface area contributed by atoms with Crippen LogP contribution in [0.15, 0.2) is 6.20 Å². The van der Waals surface area contributed by atoms with E-state index in [-0.39, 0.29) is 5.41 Å². The molecule has 1 fully saturated rings. The molecule has 3 heteroatoms. The SMILES string of the molecule is CC(C)(C)c1cnc([C@H]2CCCCN2)[nH]1. The van der Waals surface area contributed by atoms with Crippen molar-refractivity contribution >= 4 is 0 Å². The molecule has 84 valence electrons. The van der Waals surface area contributed by atoms with Crippen LogP contribution in [0.5, 0.6) is 0 Å². The van der Waals surface area contributed by atoms with Crippen LogP contribution in [0.3, 0.4) is 0 Å². The first-order valence-corrected chi connectivity index (χ1v) is 5.86. The molecule has 1 aromatic rings. The second-order valence-corrected chi connectivity index (χ2v) is 5.43. The number of rotatable bonds is 1. The molecule has 0 aromatic carbocycles. The van der Waals surface area contributed by atoms with E-state index in [0.29, 0.717) is 6.04 Å². The predicted molar refractivity (Wildman–Crippen MR) is 61.9 cm³/mol. The number of aromatic amines is 1. The van der Waals surface area contributed by atoms with E-state index in [2.05, 4.69) is 36.1 Å². The summed E-state index contributed by atoms with van der Waals surface area (Å²) in [5, 5.41) is 3.51. The van der Waals surface area contributed by atoms with Gasteiger partial charge in [0.25, 0.3) is 0 Å². The first kappa shape index (κ1) is 10.7. The fourth-order valence-corrected chi connectivity index (χ4v) is 1.98. The molecular formula is C12H21N3. The van der Waals surface area contributed by atoms with E-state index in [4.69, 9.17) is 0 Å². The van der Waals surface area contributed by atoms with Crippen molar-refractivity contribution in [3.05, 3.63) is 17.7 Å². The Morgan fingerprint density at radius 2 is 2.13 bits per heavy atom. The monoisotopic (exact) mass is 207 g/mol. The number of imidazole rings is 1. The Hall–Kier alpha value is -0.830. The second-order valence-electron chi connectivity index (χ2n) is 5.43. The second kappa shape index (κ2) is 3.97. The Kier molecular flexibility index (Phi) is 2.83. The first-order chi connectivity index (χ1) is 7.07. The van der Waals surface area contributed by atoms with Gasteiger partial charge in [0, 0.05) is 17.3 Å². The van der Waals surface area contributed by atoms with Gasteiger partial charge in [0.1, 0.15) is 5.82 Å². The molecule has 2 rings (SSSR count). The van der Waals surface area contributed by atoms with Gasteiger partial charge < -0.3 is 10.3 Å². The number of hydrogen-bond acceptors (Lipinski definition) is 2. The summed E-state index contributed by atoms with van der Waals surface area (Å²) in [6.45, 7) is 7.74. The van der Waals surface area contributed by atoms with Gasteiger partial charge in [0.15, 0.2) is 0 Å². The molecule has 0 saturated carbocycles. The van der Waals surface area contributed by atoms with Crippen molar-refractivity contribution in [1.82, 2.24) is 15.3 Å². The highest BCUT2D eigenvalue weighted by atomic mass is 15.0. The van der Waals surface area contributed by atoms with Crippen LogP contribution in [0.4, 0.5) is 0 Å². The van der Waals surface area contributed by atoms with Crippen molar-refractivity contribution in [1.29, 1.82) is 0 Å². The maximum Gasteiger partial charge on any atom is 0.123 e. The maximum absolute atomic E-state index is 4.49. The molecule has 1 aliphatic heterocycles. The molecule has 0 spiro atoms. The van der Waals surface area contributed by atoms with E-state index in [1.807, 2.05) is 6.20 Å². The molecule has 0 unspecified atom stereocenters. The highest BCUT2D eigenvalue weighted by molar-refractivity contribution is 5.13. The average Bonchev–Trinajstić information content (AvgIpc) is 2.67. The molecule has 2 heterocycles. The van der Waals surface area contributed by atoms with E-state index < -0.39 is 0 Å². The molecule has 0 bridgehead atoms. The highest BCUT2D eigenvalue weighted by Gasteiger charge is 2.21. The minimum absolute atomic E-state index is 0.167. The Morgan fingerprint density at radius 1 is 1.33 bits per heavy atom. The topological polar surface area (TPSA) is 40.7 Å². The molecule has 0 radical (unpaired) electrons. The fraction of sp³-hybridized carbons (Fsp3) is 0.750. The van der Waals surface area contributed by atoms with E-state index in [9.17, 15) is 0 Å². The molecule has 1 saturated heterocycles. The van der Waals surface area contributed by atoms with Gasteiger partial charge in [0.2, 0.25) is 0 Å². The third-order valence-electron chi connectivity index (χ3n) is 3.04. The summed E-state index contributed by atoms with van der Waals surface area (Å²) in [5.74, 6) is 1.11. The quantitative estimate of drug-likeness (QED) is 0.743. The zero-order valence-corrected chi connectivity index (χ0v) is 9.93. The Morgan fingerprint density at radius 3 is 2.67 bits per heavy atom. The smallest absolute Gasteiger partial charge is 0.123 e. The van der Waals surface area contributed by atoms with Crippen molar-refractivity contribution in [2.75, 3.05) is 6.54 Å². The standard InChI is InChI=1S/C12H21N3/c1-12(2,3)10-8-14-11(15-10)9-6-4-5-7-13-9/h8-9,13H,4-7H2,1-3H3,(H,14,15)/t9-/m1/s1. The molecule has 1 atom stereocenters. The minimum atomic E-state index is 0.167. The van der Waals surface area contributed by atoms with Crippen LogP contribution >= 0.6 is 0 Å². The lowest BCUT2D eigenvalue weighted by Gasteiger charge is -2.22. The van der Waals surface area contributed by atoms with Crippen molar-refractivity contribution < 1.29 is 0 Å². The average molecular weight is 207 g/mol. The molecule has 0 amide bonds. The zero-order chi connectivity index (χ0) is 10.9. The third-order valence-corrected chi connectivity index (χ3v) is 3.04.